The fourth-order valence-corrected chi connectivity index (χ4v) is 4.74. The van der Waals surface area contributed by atoms with Crippen molar-refractivity contribution in [1.29, 1.82) is 0 Å². The molecule has 0 radical (unpaired) electrons. The first kappa shape index (κ1) is 23.4. The molecule has 0 N–H and O–H groups in total. The van der Waals surface area contributed by atoms with E-state index in [1.54, 1.807) is 6.07 Å². The number of fused-ring (bicyclic) bond motifs is 2. The molecule has 2 aliphatic heterocycles. The van der Waals surface area contributed by atoms with E-state index >= 15 is 0 Å². The zero-order chi connectivity index (χ0) is 23.8. The van der Waals surface area contributed by atoms with E-state index in [4.69, 9.17) is 9.47 Å². The third-order valence-corrected chi connectivity index (χ3v) is 6.41. The van der Waals surface area contributed by atoms with E-state index in [9.17, 15) is 18.0 Å². The molecule has 0 spiro atoms. The van der Waals surface area contributed by atoms with Gasteiger partial charge in [0.2, 0.25) is 0 Å². The standard InChI is InChI=1S/C26H28F3NO3/c1-25(2,24(31)32-3)16-30-12-10-17(11-13-30)23-20-9-8-19(26(27,28)29)14-18(20)15-33-22-7-5-4-6-21(22)23/h4-9,14H,10-13,15-16H2,1-3H3. The Morgan fingerprint density at radius 3 is 2.42 bits per heavy atom. The van der Waals surface area contributed by atoms with Crippen LogP contribution in [0.5, 0.6) is 5.75 Å². The van der Waals surface area contributed by atoms with Crippen molar-refractivity contribution in [2.75, 3.05) is 26.7 Å². The van der Waals surface area contributed by atoms with Gasteiger partial charge in [0, 0.05) is 25.2 Å². The summed E-state index contributed by atoms with van der Waals surface area (Å²) in [4.78, 5) is 14.3. The number of nitrogens with zero attached hydrogens (tertiary/aromatic N) is 1. The molecule has 0 saturated carbocycles. The number of alkyl halides is 3. The van der Waals surface area contributed by atoms with Crippen molar-refractivity contribution in [3.8, 4) is 5.75 Å². The second-order valence-electron chi connectivity index (χ2n) is 9.28. The second-order valence-corrected chi connectivity index (χ2v) is 9.28. The van der Waals surface area contributed by atoms with Gasteiger partial charge in [-0.1, -0.05) is 29.8 Å². The van der Waals surface area contributed by atoms with Crippen LogP contribution >= 0.6 is 0 Å². The third-order valence-electron chi connectivity index (χ3n) is 6.41. The molecule has 2 aromatic carbocycles. The predicted molar refractivity (Wildman–Crippen MR) is 120 cm³/mol. The average Bonchev–Trinajstić information content (AvgIpc) is 2.94. The van der Waals surface area contributed by atoms with Crippen molar-refractivity contribution >= 4 is 11.5 Å². The van der Waals surface area contributed by atoms with E-state index < -0.39 is 17.2 Å². The van der Waals surface area contributed by atoms with Crippen molar-refractivity contribution in [3.05, 3.63) is 70.3 Å². The molecule has 4 nitrogen and oxygen atoms in total. The summed E-state index contributed by atoms with van der Waals surface area (Å²) < 4.78 is 50.9. The topological polar surface area (TPSA) is 38.8 Å². The number of piperidine rings is 1. The van der Waals surface area contributed by atoms with Crippen LogP contribution in [0.1, 0.15) is 48.9 Å². The number of rotatable bonds is 3. The summed E-state index contributed by atoms with van der Waals surface area (Å²) in [6.45, 7) is 5.96. The van der Waals surface area contributed by atoms with Crippen LogP contribution in [0, 0.1) is 5.41 Å². The normalized spacial score (nSPS) is 17.0. The van der Waals surface area contributed by atoms with Crippen molar-refractivity contribution in [2.24, 2.45) is 5.41 Å². The van der Waals surface area contributed by atoms with Crippen molar-refractivity contribution in [3.63, 3.8) is 0 Å². The molecule has 2 aromatic rings. The average molecular weight is 460 g/mol. The summed E-state index contributed by atoms with van der Waals surface area (Å²) in [5, 5.41) is 0. The zero-order valence-electron chi connectivity index (χ0n) is 19.1. The van der Waals surface area contributed by atoms with Crippen molar-refractivity contribution in [1.82, 2.24) is 4.90 Å². The quantitative estimate of drug-likeness (QED) is 0.553. The maximum Gasteiger partial charge on any atom is 0.416 e. The van der Waals surface area contributed by atoms with Crippen LogP contribution in [-0.4, -0.2) is 37.6 Å². The summed E-state index contributed by atoms with van der Waals surface area (Å²) in [5.74, 6) is 0.440. The lowest BCUT2D eigenvalue weighted by molar-refractivity contribution is -0.151. The van der Waals surface area contributed by atoms with Gasteiger partial charge in [-0.15, -0.1) is 0 Å². The fourth-order valence-electron chi connectivity index (χ4n) is 4.74. The van der Waals surface area contributed by atoms with E-state index in [1.807, 2.05) is 38.1 Å². The number of carbonyl (C=O) groups excluding carboxylic acids is 1. The Morgan fingerprint density at radius 1 is 1.06 bits per heavy atom. The van der Waals surface area contributed by atoms with Gasteiger partial charge in [-0.05, 0) is 61.6 Å². The van der Waals surface area contributed by atoms with Crippen LogP contribution < -0.4 is 4.74 Å². The predicted octanol–water partition coefficient (Wildman–Crippen LogP) is 5.69. The molecule has 0 atom stereocenters. The third kappa shape index (κ3) is 4.78. The number of benzene rings is 2. The molecule has 176 valence electrons. The monoisotopic (exact) mass is 459 g/mol. The summed E-state index contributed by atoms with van der Waals surface area (Å²) in [6.07, 6.45) is -2.87. The van der Waals surface area contributed by atoms with Gasteiger partial charge >= 0.3 is 12.1 Å². The molecule has 1 fully saturated rings. The summed E-state index contributed by atoms with van der Waals surface area (Å²) in [7, 11) is 1.40. The Balaban J connectivity index is 1.69. The van der Waals surface area contributed by atoms with Gasteiger partial charge in [0.15, 0.2) is 0 Å². The highest BCUT2D eigenvalue weighted by atomic mass is 19.4. The van der Waals surface area contributed by atoms with Gasteiger partial charge in [-0.3, -0.25) is 4.79 Å². The first-order valence-electron chi connectivity index (χ1n) is 11.1. The first-order valence-corrected chi connectivity index (χ1v) is 11.1. The van der Waals surface area contributed by atoms with Gasteiger partial charge in [0.05, 0.1) is 18.1 Å². The Hall–Kier alpha value is -2.80. The molecule has 0 bridgehead atoms. The lowest BCUT2D eigenvalue weighted by atomic mass is 9.85. The minimum Gasteiger partial charge on any atom is -0.488 e. The first-order chi connectivity index (χ1) is 15.6. The molecular weight excluding hydrogens is 431 g/mol. The smallest absolute Gasteiger partial charge is 0.416 e. The van der Waals surface area contributed by atoms with E-state index in [0.717, 1.165) is 48.7 Å². The summed E-state index contributed by atoms with van der Waals surface area (Å²) >= 11 is 0. The van der Waals surface area contributed by atoms with E-state index in [2.05, 4.69) is 4.90 Å². The summed E-state index contributed by atoms with van der Waals surface area (Å²) in [5.41, 5.74) is 3.14. The van der Waals surface area contributed by atoms with Gasteiger partial charge in [0.25, 0.3) is 0 Å². The van der Waals surface area contributed by atoms with Gasteiger partial charge in [-0.2, -0.15) is 13.2 Å². The van der Waals surface area contributed by atoms with E-state index in [1.165, 1.54) is 18.7 Å². The van der Waals surface area contributed by atoms with Gasteiger partial charge < -0.3 is 14.4 Å². The van der Waals surface area contributed by atoms with Crippen molar-refractivity contribution < 1.29 is 27.4 Å². The van der Waals surface area contributed by atoms with Crippen LogP contribution in [0.2, 0.25) is 0 Å². The maximum atomic E-state index is 13.3. The number of para-hydroxylation sites is 1. The van der Waals surface area contributed by atoms with Crippen LogP contribution in [0.3, 0.4) is 0 Å². The molecule has 0 aromatic heterocycles. The van der Waals surface area contributed by atoms with Crippen LogP contribution in [-0.2, 0) is 22.3 Å². The number of hydrogen-bond donors (Lipinski definition) is 0. The molecule has 2 aliphatic rings. The number of carbonyl (C=O) groups is 1. The lowest BCUT2D eigenvalue weighted by Gasteiger charge is -2.35. The number of methoxy groups -OCH3 is 1. The highest BCUT2D eigenvalue weighted by Crippen LogP contribution is 2.42. The zero-order valence-corrected chi connectivity index (χ0v) is 19.1. The largest absolute Gasteiger partial charge is 0.488 e. The molecule has 0 amide bonds. The van der Waals surface area contributed by atoms with Crippen LogP contribution in [0.25, 0.3) is 5.57 Å². The molecule has 0 unspecified atom stereocenters. The number of likely N-dealkylation sites (tertiary alicyclic amines) is 1. The number of ether oxygens (including phenoxy) is 2. The Kier molecular flexibility index (Phi) is 6.27. The minimum absolute atomic E-state index is 0.0898. The lowest BCUT2D eigenvalue weighted by Crippen LogP contribution is -2.42. The highest BCUT2D eigenvalue weighted by Gasteiger charge is 2.34. The Labute approximate surface area is 192 Å². The second kappa shape index (κ2) is 8.86. The van der Waals surface area contributed by atoms with E-state index in [-0.39, 0.29) is 12.6 Å². The molecular formula is C26H28F3NO3. The molecule has 1 saturated heterocycles. The van der Waals surface area contributed by atoms with E-state index in [0.29, 0.717) is 17.9 Å². The fraction of sp³-hybridized carbons (Fsp3) is 0.423. The van der Waals surface area contributed by atoms with Crippen LogP contribution in [0.15, 0.2) is 48.0 Å². The summed E-state index contributed by atoms with van der Waals surface area (Å²) in [6, 6.07) is 11.6. The van der Waals surface area contributed by atoms with Crippen LogP contribution in [0.4, 0.5) is 13.2 Å². The molecule has 7 heteroatoms. The Bertz CT molecular complexity index is 1080. The van der Waals surface area contributed by atoms with Gasteiger partial charge in [0.1, 0.15) is 12.4 Å². The molecule has 0 aliphatic carbocycles. The van der Waals surface area contributed by atoms with Gasteiger partial charge in [-0.25, -0.2) is 0 Å². The number of hydrogen-bond acceptors (Lipinski definition) is 4. The number of esters is 1. The molecule has 4 rings (SSSR count). The molecule has 2 heterocycles. The minimum atomic E-state index is -4.40. The number of halogens is 3. The highest BCUT2D eigenvalue weighted by molar-refractivity contribution is 5.87. The molecule has 33 heavy (non-hydrogen) atoms. The Morgan fingerprint density at radius 2 is 1.76 bits per heavy atom. The maximum absolute atomic E-state index is 13.3. The van der Waals surface area contributed by atoms with Crippen molar-refractivity contribution in [2.45, 2.75) is 39.5 Å². The SMILES string of the molecule is COC(=O)C(C)(C)CN1CCC(=C2c3ccc(C(F)(F)F)cc3COc3ccccc32)CC1.